The van der Waals surface area contributed by atoms with E-state index in [1.807, 2.05) is 24.4 Å². The molecule has 5 N–H and O–H groups in total. The van der Waals surface area contributed by atoms with E-state index in [2.05, 4.69) is 16.0 Å². The molecule has 3 nitrogen and oxygen atoms in total. The molecule has 0 unspecified atom stereocenters. The van der Waals surface area contributed by atoms with E-state index in [0.717, 1.165) is 18.9 Å². The standard InChI is InChI=1S/C7H11N3/c8-4-6-10-7-3-1-2-5-9-7/h1-3,5H,4,6,8H2,(H,9,10)/p+2. The average molecular weight is 139 g/mol. The van der Waals surface area contributed by atoms with Gasteiger partial charge in [0.25, 0.3) is 5.82 Å². The molecule has 1 rings (SSSR count). The fourth-order valence-electron chi connectivity index (χ4n) is 0.726. The Morgan fingerprint density at radius 2 is 2.40 bits per heavy atom. The average Bonchev–Trinajstić information content (AvgIpc) is 2.03. The molecule has 0 atom stereocenters. The number of H-pyrrole nitrogens is 1. The first-order valence-electron chi connectivity index (χ1n) is 3.43. The number of aromatic amines is 1. The molecule has 0 aliphatic heterocycles. The lowest BCUT2D eigenvalue weighted by atomic mass is 10.4. The molecule has 0 amide bonds. The largest absolute Gasteiger partial charge is 0.354 e. The number of rotatable bonds is 3. The molecule has 0 fully saturated rings. The number of hydrogen-bond acceptors (Lipinski definition) is 1. The lowest BCUT2D eigenvalue weighted by molar-refractivity contribution is -0.369. The van der Waals surface area contributed by atoms with Crippen molar-refractivity contribution in [3.05, 3.63) is 24.4 Å². The van der Waals surface area contributed by atoms with Gasteiger partial charge in [-0.15, -0.1) is 0 Å². The van der Waals surface area contributed by atoms with Gasteiger partial charge in [0.1, 0.15) is 13.1 Å². The number of aromatic nitrogens is 1. The van der Waals surface area contributed by atoms with Crippen LogP contribution in [-0.4, -0.2) is 13.1 Å². The maximum atomic E-state index is 3.72. The molecule has 1 aromatic heterocycles. The van der Waals surface area contributed by atoms with Crippen LogP contribution in [0, 0.1) is 0 Å². The highest BCUT2D eigenvalue weighted by molar-refractivity contribution is 5.26. The Kier molecular flexibility index (Phi) is 2.70. The zero-order valence-corrected chi connectivity index (χ0v) is 5.93. The molecule has 0 spiro atoms. The van der Waals surface area contributed by atoms with Crippen LogP contribution in [0.1, 0.15) is 0 Å². The molecular formula is C7H13N3+2. The maximum absolute atomic E-state index is 3.72. The fraction of sp³-hybridized carbons (Fsp3) is 0.286. The molecule has 0 aliphatic carbocycles. The molecule has 0 saturated carbocycles. The van der Waals surface area contributed by atoms with Gasteiger partial charge in [-0.3, -0.25) is 5.32 Å². The summed E-state index contributed by atoms with van der Waals surface area (Å²) in [5.41, 5.74) is 3.72. The van der Waals surface area contributed by atoms with Crippen molar-refractivity contribution in [1.82, 2.24) is 0 Å². The molecule has 54 valence electrons. The Morgan fingerprint density at radius 1 is 1.50 bits per heavy atom. The summed E-state index contributed by atoms with van der Waals surface area (Å²) in [7, 11) is 0. The second-order valence-electron chi connectivity index (χ2n) is 2.06. The Balaban J connectivity index is 2.43. The normalized spacial score (nSPS) is 9.30. The number of nitrogens with one attached hydrogen (secondary N) is 2. The third-order valence-corrected chi connectivity index (χ3v) is 1.20. The first-order chi connectivity index (χ1) is 4.93. The van der Waals surface area contributed by atoms with Crippen LogP contribution in [0.5, 0.6) is 0 Å². The molecule has 1 aromatic rings. The van der Waals surface area contributed by atoms with Crippen LogP contribution in [0.3, 0.4) is 0 Å². The maximum Gasteiger partial charge on any atom is 0.272 e. The fourth-order valence-corrected chi connectivity index (χ4v) is 0.726. The Morgan fingerprint density at radius 3 is 3.00 bits per heavy atom. The Hall–Kier alpha value is -1.09. The lowest BCUT2D eigenvalue weighted by Crippen LogP contribution is -2.53. The van der Waals surface area contributed by atoms with Crippen LogP contribution in [0.15, 0.2) is 24.4 Å². The van der Waals surface area contributed by atoms with E-state index < -0.39 is 0 Å². The quantitative estimate of drug-likeness (QED) is 0.563. The smallest absolute Gasteiger partial charge is 0.272 e. The lowest BCUT2D eigenvalue weighted by Gasteiger charge is -1.91. The third kappa shape index (κ3) is 2.03. The van der Waals surface area contributed by atoms with Gasteiger partial charge in [0, 0.05) is 6.07 Å². The van der Waals surface area contributed by atoms with Gasteiger partial charge in [-0.1, -0.05) is 6.07 Å². The molecule has 0 aliphatic rings. The van der Waals surface area contributed by atoms with Crippen molar-refractivity contribution in [2.75, 3.05) is 18.4 Å². The third-order valence-electron chi connectivity index (χ3n) is 1.20. The van der Waals surface area contributed by atoms with Crippen LogP contribution >= 0.6 is 0 Å². The predicted octanol–water partition coefficient (Wildman–Crippen LogP) is -0.845. The predicted molar refractivity (Wildman–Crippen MR) is 39.2 cm³/mol. The van der Waals surface area contributed by atoms with Crippen molar-refractivity contribution in [1.29, 1.82) is 0 Å². The molecule has 0 bridgehead atoms. The number of hydrogen-bond donors (Lipinski definition) is 2. The minimum Gasteiger partial charge on any atom is -0.354 e. The minimum absolute atomic E-state index is 0.905. The SMILES string of the molecule is [NH3+]CCNc1cccc[nH+]1. The van der Waals surface area contributed by atoms with E-state index in [1.165, 1.54) is 0 Å². The van der Waals surface area contributed by atoms with Crippen molar-refractivity contribution >= 4 is 5.82 Å². The summed E-state index contributed by atoms with van der Waals surface area (Å²) in [6.07, 6.45) is 1.89. The topological polar surface area (TPSA) is 53.8 Å². The molecule has 0 saturated heterocycles. The summed E-state index contributed by atoms with van der Waals surface area (Å²) in [6.45, 7) is 1.82. The van der Waals surface area contributed by atoms with Gasteiger partial charge in [0.05, 0.1) is 6.20 Å². The van der Waals surface area contributed by atoms with Crippen LogP contribution in [0.4, 0.5) is 5.82 Å². The first-order valence-corrected chi connectivity index (χ1v) is 3.43. The summed E-state index contributed by atoms with van der Waals surface area (Å²) >= 11 is 0. The highest BCUT2D eigenvalue weighted by Crippen LogP contribution is 1.91. The van der Waals surface area contributed by atoms with Crippen molar-refractivity contribution < 1.29 is 10.7 Å². The van der Waals surface area contributed by atoms with Crippen molar-refractivity contribution in [2.45, 2.75) is 0 Å². The first kappa shape index (κ1) is 7.02. The number of anilines is 1. The van der Waals surface area contributed by atoms with E-state index in [1.54, 1.807) is 0 Å². The van der Waals surface area contributed by atoms with Gasteiger partial charge in [-0.2, -0.15) is 0 Å². The van der Waals surface area contributed by atoms with Crippen LogP contribution < -0.4 is 16.0 Å². The van der Waals surface area contributed by atoms with E-state index in [0.29, 0.717) is 0 Å². The number of quaternary nitrogens is 1. The monoisotopic (exact) mass is 139 g/mol. The van der Waals surface area contributed by atoms with E-state index in [9.17, 15) is 0 Å². The Bertz CT molecular complexity index is 173. The summed E-state index contributed by atoms with van der Waals surface area (Å²) < 4.78 is 0. The molecule has 3 heteroatoms. The summed E-state index contributed by atoms with van der Waals surface area (Å²) in [5, 5.41) is 3.18. The van der Waals surface area contributed by atoms with E-state index >= 15 is 0 Å². The Labute approximate surface area is 60.3 Å². The van der Waals surface area contributed by atoms with Crippen molar-refractivity contribution in [2.24, 2.45) is 0 Å². The summed E-state index contributed by atoms with van der Waals surface area (Å²) in [5.74, 6) is 1.05. The van der Waals surface area contributed by atoms with Crippen molar-refractivity contribution in [3.63, 3.8) is 0 Å². The van der Waals surface area contributed by atoms with Crippen LogP contribution in [0.2, 0.25) is 0 Å². The molecule has 1 heterocycles. The van der Waals surface area contributed by atoms with E-state index in [4.69, 9.17) is 0 Å². The van der Waals surface area contributed by atoms with Gasteiger partial charge >= 0.3 is 0 Å². The highest BCUT2D eigenvalue weighted by Gasteiger charge is 1.94. The van der Waals surface area contributed by atoms with Crippen molar-refractivity contribution in [3.8, 4) is 0 Å². The van der Waals surface area contributed by atoms with Crippen LogP contribution in [0.25, 0.3) is 0 Å². The minimum atomic E-state index is 0.905. The van der Waals surface area contributed by atoms with Gasteiger partial charge in [-0.25, -0.2) is 4.98 Å². The zero-order chi connectivity index (χ0) is 7.23. The molecule has 10 heavy (non-hydrogen) atoms. The molecular weight excluding hydrogens is 126 g/mol. The summed E-state index contributed by atoms with van der Waals surface area (Å²) in [6, 6.07) is 5.94. The van der Waals surface area contributed by atoms with Gasteiger partial charge < -0.3 is 5.73 Å². The van der Waals surface area contributed by atoms with E-state index in [-0.39, 0.29) is 0 Å². The highest BCUT2D eigenvalue weighted by atomic mass is 15.0. The van der Waals surface area contributed by atoms with Crippen LogP contribution in [-0.2, 0) is 0 Å². The molecule has 0 aromatic carbocycles. The summed E-state index contributed by atoms with van der Waals surface area (Å²) in [4.78, 5) is 3.06. The second kappa shape index (κ2) is 3.85. The van der Waals surface area contributed by atoms with Gasteiger partial charge in [0.2, 0.25) is 0 Å². The number of pyridine rings is 1. The van der Waals surface area contributed by atoms with Gasteiger partial charge in [0.15, 0.2) is 0 Å². The zero-order valence-electron chi connectivity index (χ0n) is 5.93. The van der Waals surface area contributed by atoms with Gasteiger partial charge in [-0.05, 0) is 6.07 Å². The second-order valence-corrected chi connectivity index (χ2v) is 2.06. The molecule has 0 radical (unpaired) electrons.